The van der Waals surface area contributed by atoms with Gasteiger partial charge in [0.25, 0.3) is 5.91 Å². The van der Waals surface area contributed by atoms with Crippen molar-refractivity contribution in [3.05, 3.63) is 58.1 Å². The average Bonchev–Trinajstić information content (AvgIpc) is 3.03. The SMILES string of the molecule is COc1ccc(C(=O)NCC(=O)N2CCc3ccccc32)cc1Br. The number of anilines is 1. The number of hydrogen-bond donors (Lipinski definition) is 1. The Balaban J connectivity index is 1.63. The number of benzene rings is 2. The first kappa shape index (κ1) is 16.5. The van der Waals surface area contributed by atoms with Gasteiger partial charge in [0.05, 0.1) is 18.1 Å². The summed E-state index contributed by atoms with van der Waals surface area (Å²) in [6.07, 6.45) is 0.848. The lowest BCUT2D eigenvalue weighted by Crippen LogP contribution is -2.39. The highest BCUT2D eigenvalue weighted by molar-refractivity contribution is 9.10. The van der Waals surface area contributed by atoms with Crippen molar-refractivity contribution in [2.24, 2.45) is 0 Å². The molecule has 1 N–H and O–H groups in total. The van der Waals surface area contributed by atoms with Gasteiger partial charge >= 0.3 is 0 Å². The van der Waals surface area contributed by atoms with Gasteiger partial charge in [-0.2, -0.15) is 0 Å². The summed E-state index contributed by atoms with van der Waals surface area (Å²) in [5.41, 5.74) is 2.57. The Morgan fingerprint density at radius 2 is 2.04 bits per heavy atom. The molecule has 1 heterocycles. The largest absolute Gasteiger partial charge is 0.496 e. The highest BCUT2D eigenvalue weighted by Gasteiger charge is 2.24. The lowest BCUT2D eigenvalue weighted by atomic mass is 10.2. The second-order valence-electron chi connectivity index (χ2n) is 5.46. The minimum absolute atomic E-state index is 0.0309. The Bertz CT molecular complexity index is 792. The predicted molar refractivity (Wildman–Crippen MR) is 95.5 cm³/mol. The number of nitrogens with zero attached hydrogens (tertiary/aromatic N) is 1. The van der Waals surface area contributed by atoms with Crippen LogP contribution in [0.3, 0.4) is 0 Å². The number of carbonyl (C=O) groups is 2. The lowest BCUT2D eigenvalue weighted by molar-refractivity contribution is -0.117. The molecular formula is C18H17BrN2O3. The van der Waals surface area contributed by atoms with E-state index in [1.807, 2.05) is 24.3 Å². The van der Waals surface area contributed by atoms with E-state index in [2.05, 4.69) is 21.2 Å². The van der Waals surface area contributed by atoms with Crippen molar-refractivity contribution in [1.29, 1.82) is 0 Å². The van der Waals surface area contributed by atoms with E-state index in [4.69, 9.17) is 4.74 Å². The van der Waals surface area contributed by atoms with E-state index in [1.54, 1.807) is 30.2 Å². The zero-order chi connectivity index (χ0) is 17.1. The zero-order valence-corrected chi connectivity index (χ0v) is 14.8. The average molecular weight is 389 g/mol. The summed E-state index contributed by atoms with van der Waals surface area (Å²) in [7, 11) is 1.56. The molecular weight excluding hydrogens is 372 g/mol. The first-order valence-corrected chi connectivity index (χ1v) is 8.39. The number of fused-ring (bicyclic) bond motifs is 1. The molecule has 3 rings (SSSR count). The van der Waals surface area contributed by atoms with Gasteiger partial charge in [0.1, 0.15) is 5.75 Å². The number of carbonyl (C=O) groups excluding carboxylic acids is 2. The van der Waals surface area contributed by atoms with E-state index in [0.717, 1.165) is 17.7 Å². The van der Waals surface area contributed by atoms with Crippen LogP contribution in [-0.4, -0.2) is 32.0 Å². The van der Waals surface area contributed by atoms with Crippen molar-refractivity contribution in [1.82, 2.24) is 5.32 Å². The second-order valence-corrected chi connectivity index (χ2v) is 6.31. The topological polar surface area (TPSA) is 58.6 Å². The smallest absolute Gasteiger partial charge is 0.251 e. The molecule has 0 saturated heterocycles. The zero-order valence-electron chi connectivity index (χ0n) is 13.2. The molecule has 1 aliphatic heterocycles. The number of rotatable bonds is 4. The second kappa shape index (κ2) is 7.05. The molecule has 1 aliphatic rings. The lowest BCUT2D eigenvalue weighted by Gasteiger charge is -2.17. The first-order valence-electron chi connectivity index (χ1n) is 7.60. The number of para-hydroxylation sites is 1. The maximum Gasteiger partial charge on any atom is 0.251 e. The van der Waals surface area contributed by atoms with Crippen molar-refractivity contribution < 1.29 is 14.3 Å². The van der Waals surface area contributed by atoms with Gasteiger partial charge in [-0.3, -0.25) is 9.59 Å². The van der Waals surface area contributed by atoms with Gasteiger partial charge in [-0.25, -0.2) is 0 Å². The summed E-state index contributed by atoms with van der Waals surface area (Å²) in [5.74, 6) is 0.247. The summed E-state index contributed by atoms with van der Waals surface area (Å²) in [4.78, 5) is 26.3. The first-order chi connectivity index (χ1) is 11.6. The fourth-order valence-electron chi connectivity index (χ4n) is 2.76. The third-order valence-electron chi connectivity index (χ3n) is 4.00. The van der Waals surface area contributed by atoms with E-state index < -0.39 is 0 Å². The molecule has 0 atom stereocenters. The van der Waals surface area contributed by atoms with Crippen LogP contribution < -0.4 is 15.0 Å². The quantitative estimate of drug-likeness (QED) is 0.875. The highest BCUT2D eigenvalue weighted by atomic mass is 79.9. The Morgan fingerprint density at radius 3 is 2.79 bits per heavy atom. The molecule has 2 aromatic rings. The molecule has 0 saturated carbocycles. The maximum absolute atomic E-state index is 12.4. The van der Waals surface area contributed by atoms with Gasteiger partial charge in [-0.05, 0) is 52.2 Å². The molecule has 0 aromatic heterocycles. The molecule has 0 radical (unpaired) electrons. The van der Waals surface area contributed by atoms with Crippen LogP contribution in [0.5, 0.6) is 5.75 Å². The van der Waals surface area contributed by atoms with Crippen LogP contribution in [0, 0.1) is 0 Å². The van der Waals surface area contributed by atoms with Gasteiger partial charge < -0.3 is 15.0 Å². The van der Waals surface area contributed by atoms with Gasteiger partial charge in [-0.15, -0.1) is 0 Å². The molecule has 0 spiro atoms. The minimum atomic E-state index is -0.292. The van der Waals surface area contributed by atoms with Gasteiger partial charge in [0.2, 0.25) is 5.91 Å². The van der Waals surface area contributed by atoms with Gasteiger partial charge in [-0.1, -0.05) is 18.2 Å². The van der Waals surface area contributed by atoms with Crippen molar-refractivity contribution in [3.8, 4) is 5.75 Å². The molecule has 0 fully saturated rings. The van der Waals surface area contributed by atoms with E-state index in [0.29, 0.717) is 22.3 Å². The summed E-state index contributed by atoms with van der Waals surface area (Å²) >= 11 is 3.35. The summed E-state index contributed by atoms with van der Waals surface area (Å²) in [5, 5.41) is 2.68. The Kier molecular flexibility index (Phi) is 4.85. The third kappa shape index (κ3) is 3.28. The number of amides is 2. The predicted octanol–water partition coefficient (Wildman–Crippen LogP) is 2.78. The summed E-state index contributed by atoms with van der Waals surface area (Å²) in [6, 6.07) is 12.9. The minimum Gasteiger partial charge on any atom is -0.496 e. The fraction of sp³-hybridized carbons (Fsp3) is 0.222. The molecule has 5 nitrogen and oxygen atoms in total. The van der Waals surface area contributed by atoms with E-state index in [-0.39, 0.29) is 18.4 Å². The Labute approximate surface area is 148 Å². The number of methoxy groups -OCH3 is 1. The number of hydrogen-bond acceptors (Lipinski definition) is 3. The molecule has 24 heavy (non-hydrogen) atoms. The Hall–Kier alpha value is -2.34. The van der Waals surface area contributed by atoms with Crippen LogP contribution in [0.1, 0.15) is 15.9 Å². The molecule has 2 aromatic carbocycles. The molecule has 0 aliphatic carbocycles. The third-order valence-corrected chi connectivity index (χ3v) is 4.62. The number of nitrogens with one attached hydrogen (secondary N) is 1. The van der Waals surface area contributed by atoms with Crippen LogP contribution in [-0.2, 0) is 11.2 Å². The fourth-order valence-corrected chi connectivity index (χ4v) is 3.30. The monoisotopic (exact) mass is 388 g/mol. The van der Waals surface area contributed by atoms with E-state index in [9.17, 15) is 9.59 Å². The molecule has 0 unspecified atom stereocenters. The van der Waals surface area contributed by atoms with Crippen molar-refractivity contribution in [3.63, 3.8) is 0 Å². The Morgan fingerprint density at radius 1 is 1.25 bits per heavy atom. The van der Waals surface area contributed by atoms with Crippen LogP contribution >= 0.6 is 15.9 Å². The highest BCUT2D eigenvalue weighted by Crippen LogP contribution is 2.27. The van der Waals surface area contributed by atoms with Crippen molar-refractivity contribution in [2.75, 3.05) is 25.1 Å². The molecule has 2 amide bonds. The van der Waals surface area contributed by atoms with Gasteiger partial charge in [0, 0.05) is 17.8 Å². The van der Waals surface area contributed by atoms with Gasteiger partial charge in [0.15, 0.2) is 0 Å². The van der Waals surface area contributed by atoms with Crippen LogP contribution in [0.25, 0.3) is 0 Å². The van der Waals surface area contributed by atoms with Crippen molar-refractivity contribution >= 4 is 33.4 Å². The molecule has 6 heteroatoms. The van der Waals surface area contributed by atoms with Crippen LogP contribution in [0.15, 0.2) is 46.9 Å². The van der Waals surface area contributed by atoms with E-state index in [1.165, 1.54) is 0 Å². The van der Waals surface area contributed by atoms with Crippen LogP contribution in [0.4, 0.5) is 5.69 Å². The molecule has 124 valence electrons. The normalized spacial score (nSPS) is 12.7. The summed E-state index contributed by atoms with van der Waals surface area (Å²) in [6.45, 7) is 0.624. The standard InChI is InChI=1S/C18H17BrN2O3/c1-24-16-7-6-13(10-14(16)19)18(23)20-11-17(22)21-9-8-12-4-2-3-5-15(12)21/h2-7,10H,8-9,11H2,1H3,(H,20,23). The summed E-state index contributed by atoms with van der Waals surface area (Å²) < 4.78 is 5.83. The van der Waals surface area contributed by atoms with Crippen molar-refractivity contribution in [2.45, 2.75) is 6.42 Å². The molecule has 0 bridgehead atoms. The van der Waals surface area contributed by atoms with Crippen LogP contribution in [0.2, 0.25) is 0 Å². The number of ether oxygens (including phenoxy) is 1. The van der Waals surface area contributed by atoms with E-state index >= 15 is 0 Å². The maximum atomic E-state index is 12.4. The number of halogens is 1.